The normalized spacial score (nSPS) is 17.8. The molecule has 1 aliphatic rings. The Balaban J connectivity index is 1.88. The number of morpholine rings is 1. The molecule has 0 aromatic heterocycles. The summed E-state index contributed by atoms with van der Waals surface area (Å²) in [5.41, 5.74) is 1.19. The van der Waals surface area contributed by atoms with Gasteiger partial charge in [-0.15, -0.1) is 0 Å². The number of rotatable bonds is 12. The van der Waals surface area contributed by atoms with Crippen LogP contribution in [0.25, 0.3) is 0 Å². The van der Waals surface area contributed by atoms with E-state index in [9.17, 15) is 5.11 Å². The third-order valence-electron chi connectivity index (χ3n) is 6.41. The Morgan fingerprint density at radius 3 is 2.31 bits per heavy atom. The van der Waals surface area contributed by atoms with E-state index in [4.69, 9.17) is 9.47 Å². The molecule has 0 radical (unpaired) electrons. The topological polar surface area (TPSA) is 41.9 Å². The van der Waals surface area contributed by atoms with Gasteiger partial charge in [-0.2, -0.15) is 0 Å². The lowest BCUT2D eigenvalue weighted by molar-refractivity contribution is -0.0356. The number of hydrogen-bond donors (Lipinski definition) is 1. The first-order valence-corrected chi connectivity index (χ1v) is 12.3. The molecule has 0 unspecified atom stereocenters. The predicted octanol–water partition coefficient (Wildman–Crippen LogP) is 5.61. The Morgan fingerprint density at radius 2 is 1.69 bits per heavy atom. The fraction of sp³-hybridized carbons (Fsp3) is 0.571. The van der Waals surface area contributed by atoms with Crippen molar-refractivity contribution in [2.24, 2.45) is 5.92 Å². The predicted molar refractivity (Wildman–Crippen MR) is 131 cm³/mol. The first kappa shape index (κ1) is 24.8. The monoisotopic (exact) mass is 439 g/mol. The number of unbranched alkanes of at least 4 members (excludes halogenated alkanes) is 2. The van der Waals surface area contributed by atoms with Gasteiger partial charge in [0, 0.05) is 25.6 Å². The Hall–Kier alpha value is -1.88. The van der Waals surface area contributed by atoms with Crippen LogP contribution in [0.3, 0.4) is 0 Å². The quantitative estimate of drug-likeness (QED) is 0.437. The summed E-state index contributed by atoms with van der Waals surface area (Å²) in [6, 6.07) is 18.7. The standard InChI is InChI=1S/C28H41NO3/c1-4-5-9-18-32-26-14-12-25(13-15-26)28(30,21-23(2)3)27(24-10-7-6-8-11-24)22-29-16-19-31-20-17-29/h6-8,10-15,23,27,30H,4-5,9,16-22H2,1-3H3/t27-,28-/m0/s1. The van der Waals surface area contributed by atoms with Crippen LogP contribution in [0, 0.1) is 5.92 Å². The fourth-order valence-corrected chi connectivity index (χ4v) is 4.72. The molecular formula is C28H41NO3. The number of nitrogens with zero attached hydrogens (tertiary/aromatic N) is 1. The van der Waals surface area contributed by atoms with Crippen molar-refractivity contribution >= 4 is 0 Å². The zero-order valence-corrected chi connectivity index (χ0v) is 20.1. The van der Waals surface area contributed by atoms with E-state index in [1.165, 1.54) is 18.4 Å². The fourth-order valence-electron chi connectivity index (χ4n) is 4.72. The SMILES string of the molecule is CCCCCOc1ccc([C@@](O)(CC(C)C)[C@@H](CN2CCOCC2)c2ccccc2)cc1. The van der Waals surface area contributed by atoms with Crippen LogP contribution < -0.4 is 4.74 Å². The minimum atomic E-state index is -0.964. The molecule has 2 aromatic carbocycles. The number of ether oxygens (including phenoxy) is 2. The molecule has 176 valence electrons. The Labute approximate surface area is 194 Å². The van der Waals surface area contributed by atoms with Gasteiger partial charge in [0.25, 0.3) is 0 Å². The van der Waals surface area contributed by atoms with Crippen LogP contribution in [0.5, 0.6) is 5.75 Å². The van der Waals surface area contributed by atoms with Gasteiger partial charge in [-0.25, -0.2) is 0 Å². The Bertz CT molecular complexity index is 771. The molecule has 0 amide bonds. The molecule has 3 rings (SSSR count). The van der Waals surface area contributed by atoms with Crippen molar-refractivity contribution in [1.29, 1.82) is 0 Å². The van der Waals surface area contributed by atoms with Crippen LogP contribution in [0.2, 0.25) is 0 Å². The van der Waals surface area contributed by atoms with Crippen molar-refractivity contribution in [3.8, 4) is 5.75 Å². The van der Waals surface area contributed by atoms with E-state index in [0.717, 1.165) is 57.2 Å². The van der Waals surface area contributed by atoms with Crippen molar-refractivity contribution in [2.75, 3.05) is 39.5 Å². The largest absolute Gasteiger partial charge is 0.494 e. The summed E-state index contributed by atoms with van der Waals surface area (Å²) in [6.07, 6.45) is 4.15. The van der Waals surface area contributed by atoms with Gasteiger partial charge in [0.05, 0.1) is 25.4 Å². The molecule has 4 heteroatoms. The van der Waals surface area contributed by atoms with Gasteiger partial charge in [-0.3, -0.25) is 4.90 Å². The highest BCUT2D eigenvalue weighted by atomic mass is 16.5. The summed E-state index contributed by atoms with van der Waals surface area (Å²) in [5, 5.41) is 12.3. The second-order valence-corrected chi connectivity index (χ2v) is 9.48. The molecule has 0 saturated carbocycles. The van der Waals surface area contributed by atoms with Crippen LogP contribution in [0.15, 0.2) is 54.6 Å². The first-order valence-electron chi connectivity index (χ1n) is 12.3. The molecule has 1 saturated heterocycles. The summed E-state index contributed by atoms with van der Waals surface area (Å²) in [5.74, 6) is 1.21. The summed E-state index contributed by atoms with van der Waals surface area (Å²) < 4.78 is 11.5. The molecule has 2 atom stereocenters. The third kappa shape index (κ3) is 6.81. The zero-order chi connectivity index (χ0) is 22.8. The van der Waals surface area contributed by atoms with Gasteiger partial charge in [0.2, 0.25) is 0 Å². The number of benzene rings is 2. The lowest BCUT2D eigenvalue weighted by Crippen LogP contribution is -2.45. The molecule has 0 aliphatic carbocycles. The average molecular weight is 440 g/mol. The highest BCUT2D eigenvalue weighted by Crippen LogP contribution is 2.43. The summed E-state index contributed by atoms with van der Waals surface area (Å²) in [6.45, 7) is 11.5. The molecule has 32 heavy (non-hydrogen) atoms. The molecule has 1 N–H and O–H groups in total. The van der Waals surface area contributed by atoms with Crippen LogP contribution in [-0.2, 0) is 10.3 Å². The highest BCUT2D eigenvalue weighted by Gasteiger charge is 2.41. The number of aliphatic hydroxyl groups is 1. The summed E-state index contributed by atoms with van der Waals surface area (Å²) in [7, 11) is 0. The zero-order valence-electron chi connectivity index (χ0n) is 20.1. The molecule has 1 heterocycles. The molecular weight excluding hydrogens is 398 g/mol. The van der Waals surface area contributed by atoms with E-state index in [-0.39, 0.29) is 5.92 Å². The van der Waals surface area contributed by atoms with Crippen molar-refractivity contribution in [1.82, 2.24) is 4.90 Å². The second-order valence-electron chi connectivity index (χ2n) is 9.48. The van der Waals surface area contributed by atoms with Crippen LogP contribution in [0.1, 0.15) is 63.5 Å². The molecule has 1 aliphatic heterocycles. The number of hydrogen-bond acceptors (Lipinski definition) is 4. The van der Waals surface area contributed by atoms with Crippen LogP contribution in [0.4, 0.5) is 0 Å². The third-order valence-corrected chi connectivity index (χ3v) is 6.41. The highest BCUT2D eigenvalue weighted by molar-refractivity contribution is 5.35. The second kappa shape index (κ2) is 12.4. The van der Waals surface area contributed by atoms with Crippen molar-refractivity contribution in [3.05, 3.63) is 65.7 Å². The van der Waals surface area contributed by atoms with E-state index < -0.39 is 5.60 Å². The van der Waals surface area contributed by atoms with E-state index >= 15 is 0 Å². The summed E-state index contributed by atoms with van der Waals surface area (Å²) in [4.78, 5) is 2.43. The van der Waals surface area contributed by atoms with Crippen LogP contribution >= 0.6 is 0 Å². The molecule has 0 bridgehead atoms. The Kier molecular flexibility index (Phi) is 9.58. The first-order chi connectivity index (χ1) is 15.5. The van der Waals surface area contributed by atoms with Crippen LogP contribution in [-0.4, -0.2) is 49.5 Å². The van der Waals surface area contributed by atoms with E-state index in [1.54, 1.807) is 0 Å². The van der Waals surface area contributed by atoms with E-state index in [2.05, 4.69) is 62.1 Å². The van der Waals surface area contributed by atoms with Gasteiger partial charge in [-0.1, -0.05) is 76.1 Å². The van der Waals surface area contributed by atoms with Crippen molar-refractivity contribution < 1.29 is 14.6 Å². The average Bonchev–Trinajstić information content (AvgIpc) is 2.81. The molecule has 2 aromatic rings. The maximum absolute atomic E-state index is 12.3. The van der Waals surface area contributed by atoms with Gasteiger partial charge in [-0.05, 0) is 42.0 Å². The minimum absolute atomic E-state index is 0.0273. The maximum Gasteiger partial charge on any atom is 0.119 e. The molecule has 4 nitrogen and oxygen atoms in total. The van der Waals surface area contributed by atoms with Crippen molar-refractivity contribution in [3.63, 3.8) is 0 Å². The lowest BCUT2D eigenvalue weighted by atomic mass is 9.72. The molecule has 0 spiro atoms. The van der Waals surface area contributed by atoms with Gasteiger partial charge >= 0.3 is 0 Å². The van der Waals surface area contributed by atoms with Crippen molar-refractivity contribution in [2.45, 2.75) is 58.0 Å². The van der Waals surface area contributed by atoms with Gasteiger partial charge in [0.1, 0.15) is 5.75 Å². The molecule has 1 fully saturated rings. The van der Waals surface area contributed by atoms with E-state index in [1.807, 2.05) is 18.2 Å². The van der Waals surface area contributed by atoms with Gasteiger partial charge in [0.15, 0.2) is 0 Å². The smallest absolute Gasteiger partial charge is 0.119 e. The van der Waals surface area contributed by atoms with E-state index in [0.29, 0.717) is 12.3 Å². The van der Waals surface area contributed by atoms with Gasteiger partial charge < -0.3 is 14.6 Å². The maximum atomic E-state index is 12.3. The minimum Gasteiger partial charge on any atom is -0.494 e. The summed E-state index contributed by atoms with van der Waals surface area (Å²) >= 11 is 0. The lowest BCUT2D eigenvalue weighted by Gasteiger charge is -2.42. The Morgan fingerprint density at radius 1 is 1.00 bits per heavy atom.